The predicted molar refractivity (Wildman–Crippen MR) is 116 cm³/mol. The minimum atomic E-state index is -0.443. The Hall–Kier alpha value is -1.56. The van der Waals surface area contributed by atoms with Gasteiger partial charge in [0.05, 0.1) is 5.69 Å². The van der Waals surface area contributed by atoms with Crippen LogP contribution < -0.4 is 0 Å². The van der Waals surface area contributed by atoms with Crippen LogP contribution in [0.4, 0.5) is 4.79 Å². The van der Waals surface area contributed by atoms with Gasteiger partial charge in [-0.3, -0.25) is 0 Å². The maximum Gasteiger partial charge on any atom is 0.410 e. The van der Waals surface area contributed by atoms with E-state index in [-0.39, 0.29) is 11.5 Å². The Balaban J connectivity index is 1.67. The standard InChI is InChI=1S/C23H40N4O2/c1-22(2,3)19-17-27(16-15-25-11-7-8-12-25)20(24-19)18-9-13-26(14-10-18)21(28)29-23(4,5)6/h17-18H,7-16H2,1-6H3. The summed E-state index contributed by atoms with van der Waals surface area (Å²) in [6, 6.07) is 0. The topological polar surface area (TPSA) is 50.6 Å². The van der Waals surface area contributed by atoms with E-state index in [0.29, 0.717) is 5.92 Å². The molecule has 2 fully saturated rings. The highest BCUT2D eigenvalue weighted by Crippen LogP contribution is 2.31. The minimum absolute atomic E-state index is 0.0465. The molecule has 0 aromatic carbocycles. The molecule has 0 atom stereocenters. The van der Waals surface area contributed by atoms with Crippen LogP contribution in [0.25, 0.3) is 0 Å². The molecule has 2 aliphatic rings. The van der Waals surface area contributed by atoms with Crippen LogP contribution in [0.3, 0.4) is 0 Å². The van der Waals surface area contributed by atoms with Gasteiger partial charge in [-0.05, 0) is 59.5 Å². The summed E-state index contributed by atoms with van der Waals surface area (Å²) >= 11 is 0. The average molecular weight is 405 g/mol. The fourth-order valence-corrected chi connectivity index (χ4v) is 4.20. The lowest BCUT2D eigenvalue weighted by atomic mass is 9.93. The van der Waals surface area contributed by atoms with Crippen LogP contribution in [0, 0.1) is 0 Å². The Morgan fingerprint density at radius 3 is 2.21 bits per heavy atom. The SMILES string of the molecule is CC(C)(C)OC(=O)N1CCC(c2nc(C(C)(C)C)cn2CCN2CCCC2)CC1. The van der Waals surface area contributed by atoms with E-state index in [9.17, 15) is 4.79 Å². The second kappa shape index (κ2) is 8.66. The van der Waals surface area contributed by atoms with E-state index in [1.165, 1.54) is 37.4 Å². The number of hydrogen-bond acceptors (Lipinski definition) is 4. The molecule has 29 heavy (non-hydrogen) atoms. The lowest BCUT2D eigenvalue weighted by Crippen LogP contribution is -2.41. The normalized spacial score (nSPS) is 19.7. The number of piperidine rings is 1. The molecule has 0 unspecified atom stereocenters. The van der Waals surface area contributed by atoms with E-state index in [1.54, 1.807) is 0 Å². The minimum Gasteiger partial charge on any atom is -0.444 e. The maximum atomic E-state index is 12.4. The van der Waals surface area contributed by atoms with E-state index < -0.39 is 5.60 Å². The van der Waals surface area contributed by atoms with Gasteiger partial charge in [0, 0.05) is 43.7 Å². The van der Waals surface area contributed by atoms with Crippen molar-refractivity contribution < 1.29 is 9.53 Å². The van der Waals surface area contributed by atoms with E-state index in [1.807, 2.05) is 25.7 Å². The number of carbonyl (C=O) groups excluding carboxylic acids is 1. The summed E-state index contributed by atoms with van der Waals surface area (Å²) in [6.45, 7) is 18.5. The van der Waals surface area contributed by atoms with Crippen molar-refractivity contribution >= 4 is 6.09 Å². The van der Waals surface area contributed by atoms with Crippen LogP contribution in [0.1, 0.15) is 84.7 Å². The fourth-order valence-electron chi connectivity index (χ4n) is 4.20. The van der Waals surface area contributed by atoms with Crippen LogP contribution in [0.2, 0.25) is 0 Å². The lowest BCUT2D eigenvalue weighted by molar-refractivity contribution is 0.0202. The van der Waals surface area contributed by atoms with Crippen molar-refractivity contribution in [2.75, 3.05) is 32.7 Å². The number of likely N-dealkylation sites (tertiary alicyclic amines) is 2. The van der Waals surface area contributed by atoms with Gasteiger partial charge < -0.3 is 19.1 Å². The third-order valence-electron chi connectivity index (χ3n) is 5.94. The molecule has 0 N–H and O–H groups in total. The number of amides is 1. The molecule has 1 aromatic rings. The predicted octanol–water partition coefficient (Wildman–Crippen LogP) is 4.39. The van der Waals surface area contributed by atoms with Gasteiger partial charge in [-0.2, -0.15) is 0 Å². The first-order valence-electron chi connectivity index (χ1n) is 11.3. The smallest absolute Gasteiger partial charge is 0.410 e. The molecular weight excluding hydrogens is 364 g/mol. The van der Waals surface area contributed by atoms with Gasteiger partial charge in [0.15, 0.2) is 0 Å². The molecule has 3 rings (SSSR count). The number of carbonyl (C=O) groups is 1. The van der Waals surface area contributed by atoms with Gasteiger partial charge in [-0.1, -0.05) is 20.8 Å². The first-order valence-corrected chi connectivity index (χ1v) is 11.3. The van der Waals surface area contributed by atoms with Gasteiger partial charge in [-0.15, -0.1) is 0 Å². The van der Waals surface area contributed by atoms with Crippen molar-refractivity contribution in [3.8, 4) is 0 Å². The molecule has 0 aliphatic carbocycles. The lowest BCUT2D eigenvalue weighted by Gasteiger charge is -2.33. The Morgan fingerprint density at radius 2 is 1.66 bits per heavy atom. The van der Waals surface area contributed by atoms with Crippen molar-refractivity contribution in [3.63, 3.8) is 0 Å². The Bertz CT molecular complexity index is 685. The molecule has 0 radical (unpaired) electrons. The highest BCUT2D eigenvalue weighted by Gasteiger charge is 2.31. The third kappa shape index (κ3) is 5.97. The summed E-state index contributed by atoms with van der Waals surface area (Å²) < 4.78 is 7.94. The van der Waals surface area contributed by atoms with Gasteiger partial charge in [-0.25, -0.2) is 9.78 Å². The summed E-state index contributed by atoms with van der Waals surface area (Å²) in [6.07, 6.45) is 6.63. The van der Waals surface area contributed by atoms with E-state index >= 15 is 0 Å². The van der Waals surface area contributed by atoms with Gasteiger partial charge in [0.2, 0.25) is 0 Å². The van der Waals surface area contributed by atoms with Crippen molar-refractivity contribution in [3.05, 3.63) is 17.7 Å². The molecule has 2 saturated heterocycles. The second-order valence-electron chi connectivity index (χ2n) is 10.7. The summed E-state index contributed by atoms with van der Waals surface area (Å²) in [4.78, 5) is 21.9. The molecule has 6 nitrogen and oxygen atoms in total. The first kappa shape index (κ1) is 22.1. The van der Waals surface area contributed by atoms with E-state index in [4.69, 9.17) is 9.72 Å². The molecule has 1 aromatic heterocycles. The van der Waals surface area contributed by atoms with Crippen LogP contribution >= 0.6 is 0 Å². The highest BCUT2D eigenvalue weighted by atomic mass is 16.6. The van der Waals surface area contributed by atoms with Crippen molar-refractivity contribution in [1.82, 2.24) is 19.4 Å². The Morgan fingerprint density at radius 1 is 1.03 bits per heavy atom. The summed E-state index contributed by atoms with van der Waals surface area (Å²) in [5.41, 5.74) is 0.773. The number of aromatic nitrogens is 2. The fraction of sp³-hybridized carbons (Fsp3) is 0.826. The quantitative estimate of drug-likeness (QED) is 0.747. The average Bonchev–Trinajstić information content (AvgIpc) is 3.28. The zero-order valence-electron chi connectivity index (χ0n) is 19.3. The number of rotatable bonds is 4. The molecule has 0 bridgehead atoms. The van der Waals surface area contributed by atoms with Gasteiger partial charge in [0.25, 0.3) is 0 Å². The maximum absolute atomic E-state index is 12.4. The molecule has 2 aliphatic heterocycles. The van der Waals surface area contributed by atoms with Crippen molar-refractivity contribution in [2.45, 2.75) is 90.7 Å². The van der Waals surface area contributed by atoms with Crippen LogP contribution in [0.15, 0.2) is 6.20 Å². The van der Waals surface area contributed by atoms with Crippen LogP contribution in [-0.2, 0) is 16.7 Å². The molecule has 0 saturated carbocycles. The van der Waals surface area contributed by atoms with Crippen molar-refractivity contribution in [1.29, 1.82) is 0 Å². The van der Waals surface area contributed by atoms with E-state index in [0.717, 1.165) is 39.0 Å². The van der Waals surface area contributed by atoms with E-state index in [2.05, 4.69) is 36.4 Å². The Labute approximate surface area is 176 Å². The largest absolute Gasteiger partial charge is 0.444 e. The van der Waals surface area contributed by atoms with Crippen LogP contribution in [0.5, 0.6) is 0 Å². The molecule has 3 heterocycles. The number of ether oxygens (including phenoxy) is 1. The molecule has 0 spiro atoms. The first-order chi connectivity index (χ1) is 13.5. The van der Waals surface area contributed by atoms with Crippen LogP contribution in [-0.4, -0.2) is 63.8 Å². The van der Waals surface area contributed by atoms with Gasteiger partial charge in [0.1, 0.15) is 11.4 Å². The zero-order chi connectivity index (χ0) is 21.2. The molecule has 1 amide bonds. The highest BCUT2D eigenvalue weighted by molar-refractivity contribution is 5.68. The number of nitrogens with zero attached hydrogens (tertiary/aromatic N) is 4. The molecule has 6 heteroatoms. The van der Waals surface area contributed by atoms with Gasteiger partial charge >= 0.3 is 6.09 Å². The second-order valence-corrected chi connectivity index (χ2v) is 10.7. The monoisotopic (exact) mass is 404 g/mol. The summed E-state index contributed by atoms with van der Waals surface area (Å²) in [5, 5.41) is 0. The summed E-state index contributed by atoms with van der Waals surface area (Å²) in [7, 11) is 0. The molecular formula is C23H40N4O2. The number of hydrogen-bond donors (Lipinski definition) is 0. The molecule has 164 valence electrons. The third-order valence-corrected chi connectivity index (χ3v) is 5.94. The van der Waals surface area contributed by atoms with Crippen molar-refractivity contribution in [2.24, 2.45) is 0 Å². The Kier molecular flexibility index (Phi) is 6.61. The summed E-state index contributed by atoms with van der Waals surface area (Å²) in [5.74, 6) is 1.61. The zero-order valence-corrected chi connectivity index (χ0v) is 19.3. The number of imidazole rings is 1.